The summed E-state index contributed by atoms with van der Waals surface area (Å²) in [6.45, 7) is 1.51. The van der Waals surface area contributed by atoms with E-state index in [-0.39, 0.29) is 11.5 Å². The molecule has 27 heavy (non-hydrogen) atoms. The van der Waals surface area contributed by atoms with E-state index in [1.165, 1.54) is 11.5 Å². The number of halogens is 1. The fourth-order valence-electron chi connectivity index (χ4n) is 3.26. The van der Waals surface area contributed by atoms with Gasteiger partial charge in [0.25, 0.3) is 0 Å². The van der Waals surface area contributed by atoms with E-state index in [9.17, 15) is 9.59 Å². The topological polar surface area (TPSA) is 67.8 Å². The van der Waals surface area contributed by atoms with E-state index < -0.39 is 0 Å². The van der Waals surface area contributed by atoms with Gasteiger partial charge in [-0.2, -0.15) is 0 Å². The summed E-state index contributed by atoms with van der Waals surface area (Å²) >= 11 is 3.44. The highest BCUT2D eigenvalue weighted by molar-refractivity contribution is 9.10. The number of nitrogens with one attached hydrogen (secondary N) is 1. The van der Waals surface area contributed by atoms with Gasteiger partial charge in [-0.3, -0.25) is 14.3 Å². The van der Waals surface area contributed by atoms with Crippen LogP contribution in [0.15, 0.2) is 70.2 Å². The molecule has 6 heteroatoms. The number of aromatic nitrogens is 3. The number of pyridine rings is 1. The summed E-state index contributed by atoms with van der Waals surface area (Å²) in [5, 5.41) is 0. The molecule has 2 aromatic heterocycles. The summed E-state index contributed by atoms with van der Waals surface area (Å²) < 4.78 is 2.53. The lowest BCUT2D eigenvalue weighted by atomic mass is 10.00. The van der Waals surface area contributed by atoms with Gasteiger partial charge in [0, 0.05) is 16.2 Å². The number of carbonyl (C=O) groups is 1. The van der Waals surface area contributed by atoms with Crippen molar-refractivity contribution in [1.29, 1.82) is 0 Å². The molecule has 0 saturated carbocycles. The quantitative estimate of drug-likeness (QED) is 0.500. The number of carbonyl (C=O) groups excluding carboxylic acids is 1. The van der Waals surface area contributed by atoms with E-state index in [1.54, 1.807) is 30.6 Å². The molecule has 0 amide bonds. The Hall–Kier alpha value is -2.99. The Bertz CT molecular complexity index is 1190. The fraction of sp³-hybridized carbons (Fsp3) is 0.0952. The molecule has 0 atom stereocenters. The van der Waals surface area contributed by atoms with Gasteiger partial charge in [-0.05, 0) is 54.8 Å². The first-order valence-corrected chi connectivity index (χ1v) is 9.26. The number of nitrogens with zero attached hydrogens (tertiary/aromatic N) is 2. The lowest BCUT2D eigenvalue weighted by molar-refractivity contribution is 0.101. The van der Waals surface area contributed by atoms with Crippen LogP contribution in [0.1, 0.15) is 28.4 Å². The van der Waals surface area contributed by atoms with Gasteiger partial charge in [-0.25, -0.2) is 4.79 Å². The highest BCUT2D eigenvalue weighted by atomic mass is 79.9. The fourth-order valence-corrected chi connectivity index (χ4v) is 3.52. The van der Waals surface area contributed by atoms with Gasteiger partial charge in [0.05, 0.1) is 22.9 Å². The van der Waals surface area contributed by atoms with Crippen LogP contribution in [0.25, 0.3) is 16.7 Å². The third kappa shape index (κ3) is 3.24. The van der Waals surface area contributed by atoms with Crippen molar-refractivity contribution in [2.75, 3.05) is 0 Å². The molecule has 4 aromatic rings. The Balaban J connectivity index is 1.96. The van der Waals surface area contributed by atoms with E-state index in [1.807, 2.05) is 30.3 Å². The molecule has 0 aliphatic rings. The normalized spacial score (nSPS) is 11.0. The molecule has 1 N–H and O–H groups in total. The molecule has 0 unspecified atom stereocenters. The Morgan fingerprint density at radius 1 is 1.15 bits per heavy atom. The lowest BCUT2D eigenvalue weighted by Gasteiger charge is -2.09. The van der Waals surface area contributed by atoms with Gasteiger partial charge in [-0.15, -0.1) is 0 Å². The first kappa shape index (κ1) is 17.4. The van der Waals surface area contributed by atoms with Crippen molar-refractivity contribution in [2.45, 2.75) is 13.3 Å². The molecule has 2 heterocycles. The van der Waals surface area contributed by atoms with Crippen molar-refractivity contribution in [3.63, 3.8) is 0 Å². The number of hydrogen-bond acceptors (Lipinski definition) is 3. The smallest absolute Gasteiger partial charge is 0.305 e. The molecule has 5 nitrogen and oxygen atoms in total. The number of ketones is 1. The minimum atomic E-state index is -0.288. The summed E-state index contributed by atoms with van der Waals surface area (Å²) in [7, 11) is 0. The van der Waals surface area contributed by atoms with Crippen LogP contribution in [0.2, 0.25) is 0 Å². The molecule has 0 radical (unpaired) electrons. The second-order valence-electron chi connectivity index (χ2n) is 6.33. The van der Waals surface area contributed by atoms with Gasteiger partial charge in [0.15, 0.2) is 5.78 Å². The SMILES string of the molecule is CC(=O)c1ccc(Cc2ccc(Br)cc2)c2[nH]c(=O)n(-c3cccnc3)c12. The van der Waals surface area contributed by atoms with Gasteiger partial charge < -0.3 is 4.98 Å². The van der Waals surface area contributed by atoms with Crippen LogP contribution in [0.3, 0.4) is 0 Å². The van der Waals surface area contributed by atoms with Crippen LogP contribution >= 0.6 is 15.9 Å². The third-order valence-corrected chi connectivity index (χ3v) is 5.04. The third-order valence-electron chi connectivity index (χ3n) is 4.51. The summed E-state index contributed by atoms with van der Waals surface area (Å²) in [6, 6.07) is 15.3. The average Bonchev–Trinajstić information content (AvgIpc) is 3.01. The van der Waals surface area contributed by atoms with Gasteiger partial charge >= 0.3 is 5.69 Å². The second-order valence-corrected chi connectivity index (χ2v) is 7.25. The number of benzene rings is 2. The first-order chi connectivity index (χ1) is 13.0. The van der Waals surface area contributed by atoms with Crippen molar-refractivity contribution in [3.05, 3.63) is 92.6 Å². The lowest BCUT2D eigenvalue weighted by Crippen LogP contribution is -2.15. The minimum Gasteiger partial charge on any atom is -0.305 e. The molecule has 0 spiro atoms. The zero-order chi connectivity index (χ0) is 19.0. The van der Waals surface area contributed by atoms with Crippen LogP contribution in [-0.4, -0.2) is 20.3 Å². The summed E-state index contributed by atoms with van der Waals surface area (Å²) in [5.41, 5.74) is 4.18. The summed E-state index contributed by atoms with van der Waals surface area (Å²) in [4.78, 5) is 32.0. The largest absolute Gasteiger partial charge is 0.331 e. The molecule has 0 fully saturated rings. The molecule has 134 valence electrons. The number of imidazole rings is 1. The van der Waals surface area contributed by atoms with Crippen LogP contribution in [0.5, 0.6) is 0 Å². The predicted octanol–water partition coefficient (Wildman–Crippen LogP) is 4.27. The van der Waals surface area contributed by atoms with Gasteiger partial charge in [0.1, 0.15) is 0 Å². The Morgan fingerprint density at radius 2 is 1.93 bits per heavy atom. The van der Waals surface area contributed by atoms with Crippen LogP contribution in [-0.2, 0) is 6.42 Å². The van der Waals surface area contributed by atoms with Crippen molar-refractivity contribution in [1.82, 2.24) is 14.5 Å². The number of hydrogen-bond donors (Lipinski definition) is 1. The van der Waals surface area contributed by atoms with Crippen molar-refractivity contribution < 1.29 is 4.79 Å². The van der Waals surface area contributed by atoms with Crippen LogP contribution < -0.4 is 5.69 Å². The molecule has 0 aliphatic heterocycles. The highest BCUT2D eigenvalue weighted by Crippen LogP contribution is 2.25. The molecule has 2 aromatic carbocycles. The number of Topliss-reactive ketones (excluding diaryl/α,β-unsaturated/α-hetero) is 1. The number of rotatable bonds is 4. The molecule has 4 rings (SSSR count). The predicted molar refractivity (Wildman–Crippen MR) is 109 cm³/mol. The monoisotopic (exact) mass is 421 g/mol. The Kier molecular flexibility index (Phi) is 4.49. The molecule has 0 saturated heterocycles. The van der Waals surface area contributed by atoms with Crippen molar-refractivity contribution in [2.24, 2.45) is 0 Å². The zero-order valence-electron chi connectivity index (χ0n) is 14.6. The maximum absolute atomic E-state index is 12.7. The van der Waals surface area contributed by atoms with Crippen molar-refractivity contribution in [3.8, 4) is 5.69 Å². The standard InChI is InChI=1S/C21H16BrN3O2/c1-13(26)18-9-6-15(11-14-4-7-16(22)8-5-14)19-20(18)25(21(27)24-19)17-3-2-10-23-12-17/h2-10,12H,11H2,1H3,(H,24,27). The number of fused-ring (bicyclic) bond motifs is 1. The van der Waals surface area contributed by atoms with Crippen LogP contribution in [0, 0.1) is 0 Å². The molecule has 0 bridgehead atoms. The maximum atomic E-state index is 12.7. The Morgan fingerprint density at radius 3 is 2.59 bits per heavy atom. The first-order valence-electron chi connectivity index (χ1n) is 8.47. The van der Waals surface area contributed by atoms with E-state index in [4.69, 9.17) is 0 Å². The van der Waals surface area contributed by atoms with Crippen molar-refractivity contribution >= 4 is 32.7 Å². The van der Waals surface area contributed by atoms with E-state index in [0.717, 1.165) is 15.6 Å². The maximum Gasteiger partial charge on any atom is 0.331 e. The molecular weight excluding hydrogens is 406 g/mol. The second kappa shape index (κ2) is 6.96. The van der Waals surface area contributed by atoms with Gasteiger partial charge in [-0.1, -0.05) is 34.1 Å². The Labute approximate surface area is 163 Å². The number of aromatic amines is 1. The van der Waals surface area contributed by atoms with Gasteiger partial charge in [0.2, 0.25) is 0 Å². The summed E-state index contributed by atoms with van der Waals surface area (Å²) in [6.07, 6.45) is 3.91. The van der Waals surface area contributed by atoms with E-state index in [0.29, 0.717) is 28.7 Å². The molecule has 0 aliphatic carbocycles. The van der Waals surface area contributed by atoms with E-state index >= 15 is 0 Å². The van der Waals surface area contributed by atoms with Crippen LogP contribution in [0.4, 0.5) is 0 Å². The zero-order valence-corrected chi connectivity index (χ0v) is 16.2. The molecular formula is C21H16BrN3O2. The van der Waals surface area contributed by atoms with E-state index in [2.05, 4.69) is 25.9 Å². The average molecular weight is 422 g/mol. The summed E-state index contributed by atoms with van der Waals surface area (Å²) in [5.74, 6) is -0.0909. The number of H-pyrrole nitrogens is 1. The highest BCUT2D eigenvalue weighted by Gasteiger charge is 2.18. The minimum absolute atomic E-state index is 0.0909.